The molecule has 0 aliphatic heterocycles. The molecule has 0 saturated carbocycles. The quantitative estimate of drug-likeness (QED) is 0.0390. The van der Waals surface area contributed by atoms with Crippen molar-refractivity contribution in [1.29, 1.82) is 0 Å². The number of carboxylic acids is 1. The number of ether oxygens (including phenoxy) is 1. The van der Waals surface area contributed by atoms with Crippen LogP contribution in [0.5, 0.6) is 0 Å². The molecule has 4 heteroatoms. The van der Waals surface area contributed by atoms with Crippen LogP contribution in [0, 0.1) is 0 Å². The summed E-state index contributed by atoms with van der Waals surface area (Å²) in [4.78, 5) is 23.4. The first-order chi connectivity index (χ1) is 24.6. The molecule has 0 fully saturated rings. The van der Waals surface area contributed by atoms with E-state index in [-0.39, 0.29) is 12.1 Å². The van der Waals surface area contributed by atoms with Gasteiger partial charge in [-0.1, -0.05) is 199 Å². The van der Waals surface area contributed by atoms with Gasteiger partial charge in [-0.15, -0.1) is 0 Å². The predicted molar refractivity (Wildman–Crippen MR) is 218 cm³/mol. The zero-order chi connectivity index (χ0) is 36.4. The van der Waals surface area contributed by atoms with Gasteiger partial charge in [-0.05, 0) is 64.2 Å². The molecule has 296 valence electrons. The lowest BCUT2D eigenvalue weighted by Crippen LogP contribution is -2.18. The van der Waals surface area contributed by atoms with Crippen LogP contribution in [0.2, 0.25) is 0 Å². The largest absolute Gasteiger partial charge is 0.481 e. The van der Waals surface area contributed by atoms with Crippen molar-refractivity contribution in [1.82, 2.24) is 0 Å². The lowest BCUT2D eigenvalue weighted by molar-refractivity contribution is -0.150. The maximum Gasteiger partial charge on any atom is 0.306 e. The number of carbonyl (C=O) groups is 2. The molecule has 50 heavy (non-hydrogen) atoms. The number of allylic oxidation sites excluding steroid dienone is 2. The van der Waals surface area contributed by atoms with Gasteiger partial charge in [0.25, 0.3) is 0 Å². The van der Waals surface area contributed by atoms with Crippen LogP contribution < -0.4 is 0 Å². The predicted octanol–water partition coefficient (Wildman–Crippen LogP) is 15.8. The van der Waals surface area contributed by atoms with E-state index in [9.17, 15) is 9.59 Å². The van der Waals surface area contributed by atoms with Crippen LogP contribution in [0.1, 0.15) is 264 Å². The number of hydrogen-bond donors (Lipinski definition) is 1. The summed E-state index contributed by atoms with van der Waals surface area (Å²) in [6.45, 7) is 4.56. The zero-order valence-corrected chi connectivity index (χ0v) is 34.0. The molecule has 0 saturated heterocycles. The Morgan fingerprint density at radius 3 is 1.08 bits per heavy atom. The van der Waals surface area contributed by atoms with E-state index in [1.807, 2.05) is 0 Å². The second-order valence-electron chi connectivity index (χ2n) is 15.6. The third-order valence-corrected chi connectivity index (χ3v) is 10.5. The number of unbranched alkanes of at least 4 members (excludes halogenated alkanes) is 31. The minimum Gasteiger partial charge on any atom is -0.481 e. The minimum absolute atomic E-state index is 0.0317. The third-order valence-electron chi connectivity index (χ3n) is 10.5. The van der Waals surface area contributed by atoms with Crippen LogP contribution in [0.3, 0.4) is 0 Å². The van der Waals surface area contributed by atoms with Gasteiger partial charge in [-0.25, -0.2) is 0 Å². The second kappa shape index (κ2) is 42.1. The molecule has 0 bridgehead atoms. The van der Waals surface area contributed by atoms with Crippen molar-refractivity contribution in [3.8, 4) is 0 Å². The Labute approximate surface area is 313 Å². The average molecular weight is 705 g/mol. The molecule has 0 spiro atoms. The monoisotopic (exact) mass is 705 g/mol. The van der Waals surface area contributed by atoms with Crippen molar-refractivity contribution in [2.75, 3.05) is 0 Å². The molecular weight excluding hydrogens is 617 g/mol. The van der Waals surface area contributed by atoms with Gasteiger partial charge in [0, 0.05) is 12.8 Å². The summed E-state index contributed by atoms with van der Waals surface area (Å²) >= 11 is 0. The Bertz CT molecular complexity index is 717. The van der Waals surface area contributed by atoms with E-state index >= 15 is 0 Å². The summed E-state index contributed by atoms with van der Waals surface area (Å²) in [5.74, 6) is -0.647. The molecule has 0 aliphatic carbocycles. The van der Waals surface area contributed by atoms with Crippen molar-refractivity contribution >= 4 is 11.9 Å². The van der Waals surface area contributed by atoms with E-state index in [4.69, 9.17) is 9.84 Å². The molecule has 1 N–H and O–H groups in total. The molecule has 0 aliphatic rings. The standard InChI is InChI=1S/C46H88O4/c1-3-5-7-9-11-13-14-15-16-17-18-19-20-21-22-23-24-25-31-35-39-43-46(49)50-44(40-36-32-28-12-10-8-6-4-2)41-37-33-29-26-27-30-34-38-42-45(47)48/h15-16,44H,3-14,17-43H2,1-2H3,(H,47,48)/b16-15-. The lowest BCUT2D eigenvalue weighted by Gasteiger charge is -2.18. The fraction of sp³-hybridized carbons (Fsp3) is 0.913. The number of rotatable bonds is 42. The van der Waals surface area contributed by atoms with E-state index < -0.39 is 5.97 Å². The number of aliphatic carboxylic acids is 1. The maximum absolute atomic E-state index is 12.7. The van der Waals surface area contributed by atoms with E-state index in [1.165, 1.54) is 186 Å². The second-order valence-corrected chi connectivity index (χ2v) is 15.6. The van der Waals surface area contributed by atoms with Crippen molar-refractivity contribution in [3.63, 3.8) is 0 Å². The first-order valence-corrected chi connectivity index (χ1v) is 22.7. The molecule has 4 nitrogen and oxygen atoms in total. The summed E-state index contributed by atoms with van der Waals surface area (Å²) in [7, 11) is 0. The van der Waals surface area contributed by atoms with E-state index in [0.29, 0.717) is 12.8 Å². The number of carbonyl (C=O) groups excluding carboxylic acids is 1. The SMILES string of the molecule is CCCCCCCC/C=C\CCCCCCCCCCCCCC(=O)OC(CCCCCCCCCC)CCCCCCCCCCC(=O)O. The maximum atomic E-state index is 12.7. The van der Waals surface area contributed by atoms with Gasteiger partial charge < -0.3 is 9.84 Å². The van der Waals surface area contributed by atoms with Gasteiger partial charge in [0.05, 0.1) is 0 Å². The Morgan fingerprint density at radius 1 is 0.420 bits per heavy atom. The zero-order valence-electron chi connectivity index (χ0n) is 34.0. The summed E-state index contributed by atoms with van der Waals surface area (Å²) < 4.78 is 6.05. The lowest BCUT2D eigenvalue weighted by atomic mass is 10.0. The highest BCUT2D eigenvalue weighted by atomic mass is 16.5. The first kappa shape index (κ1) is 48.7. The summed E-state index contributed by atoms with van der Waals surface area (Å²) in [5.41, 5.74) is 0. The van der Waals surface area contributed by atoms with Crippen LogP contribution >= 0.6 is 0 Å². The molecule has 0 aromatic rings. The van der Waals surface area contributed by atoms with E-state index in [1.54, 1.807) is 0 Å². The van der Waals surface area contributed by atoms with Gasteiger partial charge >= 0.3 is 11.9 Å². The molecule has 0 rings (SSSR count). The smallest absolute Gasteiger partial charge is 0.306 e. The summed E-state index contributed by atoms with van der Waals surface area (Å²) in [6, 6.07) is 0. The van der Waals surface area contributed by atoms with Crippen LogP contribution in [0.25, 0.3) is 0 Å². The highest BCUT2D eigenvalue weighted by Crippen LogP contribution is 2.19. The Balaban J connectivity index is 3.87. The fourth-order valence-electron chi connectivity index (χ4n) is 7.12. The Hall–Kier alpha value is -1.32. The first-order valence-electron chi connectivity index (χ1n) is 22.7. The van der Waals surface area contributed by atoms with E-state index in [2.05, 4.69) is 26.0 Å². The van der Waals surface area contributed by atoms with Crippen molar-refractivity contribution in [3.05, 3.63) is 12.2 Å². The van der Waals surface area contributed by atoms with Crippen LogP contribution in [-0.2, 0) is 14.3 Å². The highest BCUT2D eigenvalue weighted by Gasteiger charge is 2.14. The molecule has 0 aromatic carbocycles. The number of hydrogen-bond acceptors (Lipinski definition) is 3. The average Bonchev–Trinajstić information content (AvgIpc) is 3.10. The van der Waals surface area contributed by atoms with Crippen LogP contribution in [0.15, 0.2) is 12.2 Å². The fourth-order valence-corrected chi connectivity index (χ4v) is 7.12. The van der Waals surface area contributed by atoms with Gasteiger partial charge in [-0.2, -0.15) is 0 Å². The topological polar surface area (TPSA) is 63.6 Å². The van der Waals surface area contributed by atoms with Crippen molar-refractivity contribution in [2.45, 2.75) is 270 Å². The van der Waals surface area contributed by atoms with Gasteiger partial charge in [0.15, 0.2) is 0 Å². The molecule has 1 atom stereocenters. The Morgan fingerprint density at radius 2 is 0.720 bits per heavy atom. The summed E-state index contributed by atoms with van der Waals surface area (Å²) in [6.07, 6.45) is 52.6. The molecule has 0 aromatic heterocycles. The molecule has 0 heterocycles. The van der Waals surface area contributed by atoms with E-state index in [0.717, 1.165) is 51.4 Å². The summed E-state index contributed by atoms with van der Waals surface area (Å²) in [5, 5.41) is 8.76. The Kier molecular flexibility index (Phi) is 41.0. The molecule has 0 radical (unpaired) electrons. The minimum atomic E-state index is -0.679. The number of esters is 1. The van der Waals surface area contributed by atoms with Gasteiger partial charge in [0.1, 0.15) is 6.10 Å². The molecule has 1 unspecified atom stereocenters. The third kappa shape index (κ3) is 41.1. The van der Waals surface area contributed by atoms with Gasteiger partial charge in [-0.3, -0.25) is 9.59 Å². The van der Waals surface area contributed by atoms with Crippen molar-refractivity contribution < 1.29 is 19.4 Å². The highest BCUT2D eigenvalue weighted by molar-refractivity contribution is 5.69. The van der Waals surface area contributed by atoms with Crippen molar-refractivity contribution in [2.24, 2.45) is 0 Å². The number of carboxylic acid groups (broad SMARTS) is 1. The normalized spacial score (nSPS) is 12.2. The van der Waals surface area contributed by atoms with Crippen LogP contribution in [-0.4, -0.2) is 23.1 Å². The van der Waals surface area contributed by atoms with Gasteiger partial charge in [0.2, 0.25) is 0 Å². The van der Waals surface area contributed by atoms with Crippen LogP contribution in [0.4, 0.5) is 0 Å². The molecule has 0 amide bonds. The molecular formula is C46H88O4.